The molecule has 1 heterocycles. The van der Waals surface area contributed by atoms with Gasteiger partial charge >= 0.3 is 0 Å². The van der Waals surface area contributed by atoms with E-state index in [-0.39, 0.29) is 17.7 Å². The number of carbonyl (C=O) groups is 2. The van der Waals surface area contributed by atoms with E-state index in [1.807, 2.05) is 4.90 Å². The van der Waals surface area contributed by atoms with Gasteiger partial charge in [-0.1, -0.05) is 32.1 Å². The number of carbonyl (C=O) groups excluding carboxylic acids is 2. The molecule has 4 fully saturated rings. The van der Waals surface area contributed by atoms with Gasteiger partial charge in [0.2, 0.25) is 11.8 Å². The molecule has 0 aromatic carbocycles. The molecule has 2 amide bonds. The van der Waals surface area contributed by atoms with Gasteiger partial charge in [0.25, 0.3) is 0 Å². The lowest BCUT2D eigenvalue weighted by molar-refractivity contribution is -0.136. The van der Waals surface area contributed by atoms with Crippen LogP contribution in [-0.4, -0.2) is 35.8 Å². The third kappa shape index (κ3) is 3.56. The van der Waals surface area contributed by atoms with Crippen molar-refractivity contribution in [2.75, 3.05) is 13.1 Å². The molecule has 0 aromatic rings. The minimum atomic E-state index is 0.0269. The second kappa shape index (κ2) is 6.45. The van der Waals surface area contributed by atoms with Gasteiger partial charge < -0.3 is 10.2 Å². The Labute approximate surface area is 139 Å². The largest absolute Gasteiger partial charge is 0.353 e. The molecular formula is C19H30N2O2. The summed E-state index contributed by atoms with van der Waals surface area (Å²) in [5.41, 5.74) is 0. The predicted octanol–water partition coefficient (Wildman–Crippen LogP) is 2.72. The maximum atomic E-state index is 12.6. The number of amides is 2. The third-order valence-electron chi connectivity index (χ3n) is 6.45. The lowest BCUT2D eigenvalue weighted by Gasteiger charge is -2.32. The summed E-state index contributed by atoms with van der Waals surface area (Å²) in [7, 11) is 0. The van der Waals surface area contributed by atoms with Crippen LogP contribution in [0.3, 0.4) is 0 Å². The number of hydrogen-bond donors (Lipinski definition) is 1. The van der Waals surface area contributed by atoms with Gasteiger partial charge in [0, 0.05) is 25.0 Å². The van der Waals surface area contributed by atoms with Crippen molar-refractivity contribution in [3.05, 3.63) is 0 Å². The van der Waals surface area contributed by atoms with Gasteiger partial charge in [0.1, 0.15) is 0 Å². The van der Waals surface area contributed by atoms with Crippen LogP contribution in [0.25, 0.3) is 0 Å². The van der Waals surface area contributed by atoms with E-state index in [2.05, 4.69) is 5.32 Å². The molecular weight excluding hydrogens is 288 g/mol. The van der Waals surface area contributed by atoms with Gasteiger partial charge in [-0.3, -0.25) is 9.59 Å². The molecule has 23 heavy (non-hydrogen) atoms. The molecule has 128 valence electrons. The van der Waals surface area contributed by atoms with Crippen LogP contribution in [0.5, 0.6) is 0 Å². The van der Waals surface area contributed by atoms with Crippen LogP contribution < -0.4 is 5.32 Å². The van der Waals surface area contributed by atoms with Crippen LogP contribution in [0.2, 0.25) is 0 Å². The highest BCUT2D eigenvalue weighted by atomic mass is 16.2. The Morgan fingerprint density at radius 1 is 0.870 bits per heavy atom. The Kier molecular flexibility index (Phi) is 4.33. The summed E-state index contributed by atoms with van der Waals surface area (Å²) in [5.74, 6) is 2.41. The Hall–Kier alpha value is -1.06. The first-order valence-corrected chi connectivity index (χ1v) is 9.81. The zero-order valence-electron chi connectivity index (χ0n) is 14.1. The second-order valence-corrected chi connectivity index (χ2v) is 8.31. The Balaban J connectivity index is 1.25. The quantitative estimate of drug-likeness (QED) is 0.866. The third-order valence-corrected chi connectivity index (χ3v) is 6.45. The summed E-state index contributed by atoms with van der Waals surface area (Å²) >= 11 is 0. The first-order valence-electron chi connectivity index (χ1n) is 9.81. The monoisotopic (exact) mass is 318 g/mol. The number of piperidine rings is 1. The number of rotatable bonds is 4. The summed E-state index contributed by atoms with van der Waals surface area (Å²) in [4.78, 5) is 26.8. The van der Waals surface area contributed by atoms with Crippen LogP contribution >= 0.6 is 0 Å². The molecule has 3 atom stereocenters. The van der Waals surface area contributed by atoms with Gasteiger partial charge in [-0.15, -0.1) is 0 Å². The molecule has 3 aliphatic carbocycles. The fraction of sp³-hybridized carbons (Fsp3) is 0.895. The van der Waals surface area contributed by atoms with Crippen molar-refractivity contribution >= 4 is 11.8 Å². The van der Waals surface area contributed by atoms with E-state index in [1.165, 1.54) is 38.5 Å². The van der Waals surface area contributed by atoms with Gasteiger partial charge in [0.15, 0.2) is 0 Å². The molecule has 4 heteroatoms. The van der Waals surface area contributed by atoms with Gasteiger partial charge in [0.05, 0.1) is 5.92 Å². The molecule has 0 bridgehead atoms. The first-order chi connectivity index (χ1) is 11.2. The van der Waals surface area contributed by atoms with Crippen molar-refractivity contribution in [3.63, 3.8) is 0 Å². The molecule has 0 unspecified atom stereocenters. The Morgan fingerprint density at radius 2 is 1.65 bits per heavy atom. The zero-order chi connectivity index (χ0) is 15.8. The highest BCUT2D eigenvalue weighted by Gasteiger charge is 2.45. The van der Waals surface area contributed by atoms with Crippen molar-refractivity contribution in [2.24, 2.45) is 23.7 Å². The summed E-state index contributed by atoms with van der Waals surface area (Å²) < 4.78 is 0. The minimum Gasteiger partial charge on any atom is -0.353 e. The SMILES string of the molecule is O=C(N[C@@H]1C[C@H]1C1CCCCC1)[C@H]1CCCN(C(=O)C2CC2)C1. The van der Waals surface area contributed by atoms with E-state index in [4.69, 9.17) is 0 Å². The van der Waals surface area contributed by atoms with Crippen molar-refractivity contribution in [1.29, 1.82) is 0 Å². The topological polar surface area (TPSA) is 49.4 Å². The van der Waals surface area contributed by atoms with Crippen molar-refractivity contribution in [3.8, 4) is 0 Å². The maximum absolute atomic E-state index is 12.6. The molecule has 1 saturated heterocycles. The number of nitrogens with zero attached hydrogens (tertiary/aromatic N) is 1. The van der Waals surface area contributed by atoms with Crippen LogP contribution in [0, 0.1) is 23.7 Å². The summed E-state index contributed by atoms with van der Waals surface area (Å²) in [6.07, 6.45) is 12.1. The predicted molar refractivity (Wildman–Crippen MR) is 88.6 cm³/mol. The molecule has 4 rings (SSSR count). The standard InChI is InChI=1S/C19H30N2O2/c22-18(20-17-11-16(17)13-5-2-1-3-6-13)15-7-4-10-21(12-15)19(23)14-8-9-14/h13-17H,1-12H2,(H,20,22)/t15-,16-,17+/m0/s1. The summed E-state index contributed by atoms with van der Waals surface area (Å²) in [6, 6.07) is 0.431. The molecule has 3 saturated carbocycles. The van der Waals surface area contributed by atoms with Crippen LogP contribution in [0.1, 0.15) is 64.2 Å². The lowest BCUT2D eigenvalue weighted by Crippen LogP contribution is -2.46. The second-order valence-electron chi connectivity index (χ2n) is 8.31. The van der Waals surface area contributed by atoms with Gasteiger partial charge in [-0.2, -0.15) is 0 Å². The average Bonchev–Trinajstić information content (AvgIpc) is 3.49. The van der Waals surface area contributed by atoms with Crippen molar-refractivity contribution in [1.82, 2.24) is 10.2 Å². The van der Waals surface area contributed by atoms with Crippen LogP contribution in [0.15, 0.2) is 0 Å². The van der Waals surface area contributed by atoms with E-state index < -0.39 is 0 Å². The van der Waals surface area contributed by atoms with Crippen molar-refractivity contribution < 1.29 is 9.59 Å². The maximum Gasteiger partial charge on any atom is 0.225 e. The normalized spacial score (nSPS) is 35.0. The fourth-order valence-corrected chi connectivity index (χ4v) is 4.74. The van der Waals surface area contributed by atoms with Crippen LogP contribution in [0.4, 0.5) is 0 Å². The molecule has 0 radical (unpaired) electrons. The fourth-order valence-electron chi connectivity index (χ4n) is 4.74. The molecule has 4 nitrogen and oxygen atoms in total. The van der Waals surface area contributed by atoms with Crippen LogP contribution in [-0.2, 0) is 9.59 Å². The summed E-state index contributed by atoms with van der Waals surface area (Å²) in [5, 5.41) is 3.30. The highest BCUT2D eigenvalue weighted by molar-refractivity contribution is 5.83. The Morgan fingerprint density at radius 3 is 2.39 bits per heavy atom. The minimum absolute atomic E-state index is 0.0269. The smallest absolute Gasteiger partial charge is 0.225 e. The lowest BCUT2D eigenvalue weighted by atomic mass is 9.85. The molecule has 1 N–H and O–H groups in total. The number of hydrogen-bond acceptors (Lipinski definition) is 2. The van der Waals surface area contributed by atoms with E-state index >= 15 is 0 Å². The molecule has 0 spiro atoms. The average molecular weight is 318 g/mol. The van der Waals surface area contributed by atoms with E-state index in [1.54, 1.807) is 0 Å². The first kappa shape index (κ1) is 15.5. The number of nitrogens with one attached hydrogen (secondary N) is 1. The zero-order valence-corrected chi connectivity index (χ0v) is 14.1. The highest BCUT2D eigenvalue weighted by Crippen LogP contribution is 2.44. The molecule has 4 aliphatic rings. The van der Waals surface area contributed by atoms with E-state index in [0.29, 0.717) is 18.5 Å². The molecule has 1 aliphatic heterocycles. The van der Waals surface area contributed by atoms with Gasteiger partial charge in [-0.05, 0) is 43.9 Å². The molecule has 0 aromatic heterocycles. The van der Waals surface area contributed by atoms with Crippen molar-refractivity contribution in [2.45, 2.75) is 70.3 Å². The number of likely N-dealkylation sites (tertiary alicyclic amines) is 1. The summed E-state index contributed by atoms with van der Waals surface area (Å²) in [6.45, 7) is 1.51. The van der Waals surface area contributed by atoms with Gasteiger partial charge in [-0.25, -0.2) is 0 Å². The Bertz CT molecular complexity index is 468. The van der Waals surface area contributed by atoms with E-state index in [9.17, 15) is 9.59 Å². The van der Waals surface area contributed by atoms with E-state index in [0.717, 1.165) is 44.1 Å².